The first kappa shape index (κ1) is 36.4. The molecular weight excluding hydrogens is 431 g/mol. The van der Waals surface area contributed by atoms with Crippen LogP contribution in [0.5, 0.6) is 0 Å². The van der Waals surface area contributed by atoms with Crippen LogP contribution >= 0.6 is 116 Å². The van der Waals surface area contributed by atoms with E-state index in [4.69, 9.17) is 116 Å². The molecule has 0 bridgehead atoms. The van der Waals surface area contributed by atoms with Crippen LogP contribution in [0.3, 0.4) is 0 Å². The average molecular weight is 443 g/mol. The van der Waals surface area contributed by atoms with E-state index < -0.39 is 0 Å². The van der Waals surface area contributed by atoms with Gasteiger partial charge in [-0.15, -0.1) is 116 Å². The molecule has 16 heavy (non-hydrogen) atoms. The number of alkyl halides is 10. The van der Waals surface area contributed by atoms with Crippen LogP contribution in [0, 0.1) is 0 Å². The largest absolute Gasteiger partial charge is 0.412 e. The van der Waals surface area contributed by atoms with Crippen LogP contribution in [0.15, 0.2) is 0 Å². The van der Waals surface area contributed by atoms with Gasteiger partial charge in [-0.3, -0.25) is 0 Å². The minimum absolute atomic E-state index is 0. The predicted molar refractivity (Wildman–Crippen MR) is 86.5 cm³/mol. The second-order valence-corrected chi connectivity index (χ2v) is 4.55. The fourth-order valence-corrected chi connectivity index (χ4v) is 0. The summed E-state index contributed by atoms with van der Waals surface area (Å²) in [6.07, 6.45) is 0. The number of rotatable bonds is 0. The first-order valence-corrected chi connectivity index (χ1v) is 8.02. The minimum atomic E-state index is 0. The second kappa shape index (κ2) is 82.2. The van der Waals surface area contributed by atoms with Gasteiger partial charge in [0.15, 0.2) is 0 Å². The summed E-state index contributed by atoms with van der Waals surface area (Å²) in [4.78, 5) is 0. The van der Waals surface area contributed by atoms with Crippen LogP contribution in [0.25, 0.3) is 0 Å². The first-order chi connectivity index (χ1) is 7.07. The molecule has 0 aromatic carbocycles. The van der Waals surface area contributed by atoms with Crippen molar-refractivity contribution in [2.75, 3.05) is 26.7 Å². The third kappa shape index (κ3) is 518. The smallest absolute Gasteiger partial charge is 0.0967 e. The van der Waals surface area contributed by atoms with Crippen molar-refractivity contribution in [3.63, 3.8) is 0 Å². The molecule has 0 fully saturated rings. The van der Waals surface area contributed by atoms with E-state index >= 15 is 0 Å². The van der Waals surface area contributed by atoms with Crippen LogP contribution in [0.2, 0.25) is 0 Å². The zero-order valence-corrected chi connectivity index (χ0v) is 15.4. The van der Waals surface area contributed by atoms with Crippen LogP contribution < -0.4 is 0 Å². The summed E-state index contributed by atoms with van der Waals surface area (Å²) in [5.74, 6) is 0. The van der Waals surface area contributed by atoms with Gasteiger partial charge in [0.1, 0.15) is 0 Å². The van der Waals surface area contributed by atoms with Gasteiger partial charge >= 0.3 is 0 Å². The lowest BCUT2D eigenvalue weighted by atomic mass is 11.9. The molecule has 0 aromatic heterocycles. The van der Waals surface area contributed by atoms with Crippen molar-refractivity contribution in [3.8, 4) is 0 Å². The zero-order chi connectivity index (χ0) is 13.5. The Labute approximate surface area is 147 Å². The van der Waals surface area contributed by atoms with Gasteiger partial charge in [-0.2, -0.15) is 0 Å². The molecule has 0 rings (SSSR count). The Morgan fingerprint density at radius 1 is 0.312 bits per heavy atom. The molecule has 1 nitrogen and oxygen atoms in total. The van der Waals surface area contributed by atoms with E-state index in [1.165, 1.54) is 0 Å². The highest BCUT2D eigenvalue weighted by molar-refractivity contribution is 6.41. The summed E-state index contributed by atoms with van der Waals surface area (Å²) in [6, 6.07) is 0. The van der Waals surface area contributed by atoms with Crippen LogP contribution in [-0.4, -0.2) is 32.2 Å². The molecule has 0 atom stereocenters. The molecule has 0 radical (unpaired) electrons. The fourth-order valence-electron chi connectivity index (χ4n) is 0. The molecule has 0 aliphatic heterocycles. The lowest BCUT2D eigenvalue weighted by Gasteiger charge is -1.42. The van der Waals surface area contributed by atoms with Crippen molar-refractivity contribution in [3.05, 3.63) is 0 Å². The molecule has 0 heterocycles. The maximum Gasteiger partial charge on any atom is 0.0967 e. The van der Waals surface area contributed by atoms with Crippen molar-refractivity contribution in [2.45, 2.75) is 0 Å². The molecule has 0 aromatic rings. The van der Waals surface area contributed by atoms with Crippen molar-refractivity contribution in [1.29, 1.82) is 0 Å². The van der Waals surface area contributed by atoms with Crippen molar-refractivity contribution >= 4 is 116 Å². The highest BCUT2D eigenvalue weighted by Crippen LogP contribution is 1.74. The van der Waals surface area contributed by atoms with E-state index in [-0.39, 0.29) is 32.2 Å². The molecule has 0 spiro atoms. The van der Waals surface area contributed by atoms with Gasteiger partial charge in [-0.1, -0.05) is 0 Å². The highest BCUT2D eigenvalue weighted by atomic mass is 35.5. The third-order valence-corrected chi connectivity index (χ3v) is 0. The van der Waals surface area contributed by atoms with E-state index in [0.717, 1.165) is 0 Å². The first-order valence-electron chi connectivity index (χ1n) is 2.67. The Hall–Kier alpha value is 2.86. The quantitative estimate of drug-likeness (QED) is 0.395. The standard InChI is InChI=1S/5CH2Cl2.H2O/c5*2-1-3;/h5*1H2;1H2. The van der Waals surface area contributed by atoms with E-state index in [9.17, 15) is 0 Å². The maximum absolute atomic E-state index is 4.76. The number of hydrogen-bond donors (Lipinski definition) is 0. The third-order valence-electron chi connectivity index (χ3n) is 0. The van der Waals surface area contributed by atoms with Gasteiger partial charge in [-0.25, -0.2) is 0 Å². The van der Waals surface area contributed by atoms with Gasteiger partial charge in [0.25, 0.3) is 0 Å². The van der Waals surface area contributed by atoms with E-state index in [1.807, 2.05) is 0 Å². The Kier molecular flexibility index (Phi) is 187. The summed E-state index contributed by atoms with van der Waals surface area (Å²) in [6.45, 7) is 0. The minimum Gasteiger partial charge on any atom is -0.412 e. The van der Waals surface area contributed by atoms with Gasteiger partial charge in [0, 0.05) is 0 Å². The Bertz CT molecular complexity index is 30.8. The molecule has 0 aliphatic carbocycles. The summed E-state index contributed by atoms with van der Waals surface area (Å²) in [5, 5.41) is 0.972. The lowest BCUT2D eigenvalue weighted by Crippen LogP contribution is -1.24. The summed E-state index contributed by atoms with van der Waals surface area (Å²) in [5.41, 5.74) is 0. The molecule has 11 heteroatoms. The zero-order valence-electron chi connectivity index (χ0n) is 7.82. The van der Waals surface area contributed by atoms with Gasteiger partial charge in [0.05, 0.1) is 26.7 Å². The molecule has 2 N–H and O–H groups in total. The normalized spacial score (nSPS) is 5.62. The summed E-state index contributed by atoms with van der Waals surface area (Å²) >= 11 is 47.6. The van der Waals surface area contributed by atoms with Gasteiger partial charge in [-0.05, 0) is 0 Å². The monoisotopic (exact) mass is 438 g/mol. The van der Waals surface area contributed by atoms with Crippen molar-refractivity contribution in [1.82, 2.24) is 0 Å². The Morgan fingerprint density at radius 3 is 0.312 bits per heavy atom. The fraction of sp³-hybridized carbons (Fsp3) is 1.00. The molecule has 0 unspecified atom stereocenters. The van der Waals surface area contributed by atoms with Crippen LogP contribution in [0.1, 0.15) is 0 Å². The SMILES string of the molecule is ClCCl.ClCCl.ClCCl.ClCCl.ClCCl.O. The molecular formula is C5H12Cl10O. The summed E-state index contributed by atoms with van der Waals surface area (Å²) < 4.78 is 0. The van der Waals surface area contributed by atoms with Gasteiger partial charge < -0.3 is 5.48 Å². The Balaban J connectivity index is -0.0000000192. The molecule has 0 saturated heterocycles. The van der Waals surface area contributed by atoms with Crippen molar-refractivity contribution in [2.24, 2.45) is 0 Å². The molecule has 0 aliphatic rings. The molecule has 108 valence electrons. The van der Waals surface area contributed by atoms with Gasteiger partial charge in [0.2, 0.25) is 0 Å². The lowest BCUT2D eigenvalue weighted by molar-refractivity contribution is 0.824. The average Bonchev–Trinajstić information content (AvgIpc) is 2.09. The topological polar surface area (TPSA) is 31.5 Å². The highest BCUT2D eigenvalue weighted by Gasteiger charge is 1.42. The van der Waals surface area contributed by atoms with Crippen LogP contribution in [-0.2, 0) is 0 Å². The van der Waals surface area contributed by atoms with E-state index in [2.05, 4.69) is 0 Å². The predicted octanol–water partition coefficient (Wildman–Crippen LogP) is 6.28. The van der Waals surface area contributed by atoms with E-state index in [0.29, 0.717) is 0 Å². The maximum atomic E-state index is 4.76. The summed E-state index contributed by atoms with van der Waals surface area (Å²) in [7, 11) is 0. The number of hydrogen-bond acceptors (Lipinski definition) is 0. The van der Waals surface area contributed by atoms with Crippen molar-refractivity contribution < 1.29 is 5.48 Å². The van der Waals surface area contributed by atoms with E-state index in [1.54, 1.807) is 0 Å². The second-order valence-electron chi connectivity index (χ2n) is 0.505. The molecule has 0 amide bonds. The Morgan fingerprint density at radius 2 is 0.312 bits per heavy atom. The number of halogens is 10. The van der Waals surface area contributed by atoms with Crippen LogP contribution in [0.4, 0.5) is 0 Å². The molecule has 0 saturated carbocycles.